The number of sulfonamides is 2. The number of alkyl halides is 2. The van der Waals surface area contributed by atoms with Gasteiger partial charge in [0.15, 0.2) is 0 Å². The van der Waals surface area contributed by atoms with E-state index >= 15 is 0 Å². The number of methoxy groups -OCH3 is 1. The van der Waals surface area contributed by atoms with Crippen molar-refractivity contribution in [2.75, 3.05) is 33.6 Å². The number of nitrogens with two attached hydrogens (primary N) is 1. The number of thiophene rings is 2. The van der Waals surface area contributed by atoms with E-state index in [1.165, 1.54) is 23.9 Å². The van der Waals surface area contributed by atoms with Gasteiger partial charge in [0.05, 0.1) is 37.9 Å². The monoisotopic (exact) mass is 702 g/mol. The third-order valence-corrected chi connectivity index (χ3v) is 10.3. The number of urea groups is 1. The van der Waals surface area contributed by atoms with Crippen LogP contribution in [0.1, 0.15) is 23.6 Å². The predicted molar refractivity (Wildman–Crippen MR) is 151 cm³/mol. The standard InChI is InChI=1S/C14H18FN5O6S2.C8H10FNO4S2/c1-8-6-11(24-3)17-20(16-8)18-13(21)19-28(22,23)10-4-5-27-12(10)14(15)25-7-9(2)26-14;9-5-8(13-2-3-14-8)7-6(1-4-15-7)16(10,11)12/h4-6,9,16H,7H2,1-3H3,(H2,18,19,21);1,4H,2-3,5H2,(H2,10,11,12). The first-order valence-electron chi connectivity index (χ1n) is 12.4. The molecule has 16 nitrogen and oxygen atoms in total. The maximum Gasteiger partial charge on any atom is 0.359 e. The minimum absolute atomic E-state index is 0.0326. The summed E-state index contributed by atoms with van der Waals surface area (Å²) in [5.41, 5.74) is 5.41. The number of amides is 2. The van der Waals surface area contributed by atoms with Crippen LogP contribution in [0.15, 0.2) is 49.6 Å². The van der Waals surface area contributed by atoms with Gasteiger partial charge in [-0.15, -0.1) is 27.9 Å². The summed E-state index contributed by atoms with van der Waals surface area (Å²) >= 11 is 1.84. The Morgan fingerprint density at radius 2 is 1.82 bits per heavy atom. The second-order valence-corrected chi connectivity index (χ2v) is 14.1. The van der Waals surface area contributed by atoms with Crippen molar-refractivity contribution in [3.63, 3.8) is 0 Å². The van der Waals surface area contributed by atoms with E-state index in [2.05, 4.69) is 16.0 Å². The van der Waals surface area contributed by atoms with Crippen LogP contribution in [0.4, 0.5) is 13.6 Å². The summed E-state index contributed by atoms with van der Waals surface area (Å²) in [6.07, 6.45) is 1.02. The first-order valence-corrected chi connectivity index (χ1v) is 17.2. The number of primary sulfonamides is 1. The van der Waals surface area contributed by atoms with Crippen molar-refractivity contribution in [3.8, 4) is 0 Å². The van der Waals surface area contributed by atoms with Gasteiger partial charge >= 0.3 is 12.1 Å². The predicted octanol–water partition coefficient (Wildman–Crippen LogP) is 1.41. The van der Waals surface area contributed by atoms with Crippen molar-refractivity contribution in [2.45, 2.75) is 41.6 Å². The summed E-state index contributed by atoms with van der Waals surface area (Å²) in [6, 6.07) is -1.35. The molecular weight excluding hydrogens is 675 g/mol. The van der Waals surface area contributed by atoms with Gasteiger partial charge in [-0.25, -0.2) is 41.3 Å². The number of carbonyl (C=O) groups is 1. The van der Waals surface area contributed by atoms with Crippen molar-refractivity contribution >= 4 is 54.6 Å². The molecule has 44 heavy (non-hydrogen) atoms. The molecule has 3 aliphatic rings. The summed E-state index contributed by atoms with van der Waals surface area (Å²) in [5.74, 6) is -1.42. The highest BCUT2D eigenvalue weighted by Gasteiger charge is 2.47. The molecule has 22 heteroatoms. The van der Waals surface area contributed by atoms with Gasteiger partial charge in [0.1, 0.15) is 21.3 Å². The number of carbonyl (C=O) groups excluding carboxylic acids is 1. The Labute approximate surface area is 258 Å². The van der Waals surface area contributed by atoms with Crippen molar-refractivity contribution in [2.24, 2.45) is 10.2 Å². The lowest BCUT2D eigenvalue weighted by Crippen LogP contribution is -2.53. The molecule has 244 valence electrons. The lowest BCUT2D eigenvalue weighted by molar-refractivity contribution is -0.270. The number of halogens is 2. The fraction of sp³-hybridized carbons (Fsp3) is 0.455. The van der Waals surface area contributed by atoms with Crippen LogP contribution in [0, 0.1) is 0 Å². The first-order chi connectivity index (χ1) is 20.6. The summed E-state index contributed by atoms with van der Waals surface area (Å²) in [4.78, 5) is 11.4. The highest BCUT2D eigenvalue weighted by molar-refractivity contribution is 7.90. The Hall–Kier alpha value is -2.96. The minimum Gasteiger partial charge on any atom is -0.480 e. The molecule has 2 saturated heterocycles. The van der Waals surface area contributed by atoms with E-state index in [1.807, 2.05) is 0 Å². The minimum atomic E-state index is -4.42. The summed E-state index contributed by atoms with van der Waals surface area (Å²) in [7, 11) is -6.93. The highest BCUT2D eigenvalue weighted by atomic mass is 32.2. The molecule has 0 spiro atoms. The number of nitrogens with zero attached hydrogens (tertiary/aromatic N) is 2. The third kappa shape index (κ3) is 7.46. The maximum absolute atomic E-state index is 14.9. The van der Waals surface area contributed by atoms with Crippen molar-refractivity contribution < 1.29 is 54.1 Å². The summed E-state index contributed by atoms with van der Waals surface area (Å²) in [5, 5.41) is 12.6. The molecule has 2 unspecified atom stereocenters. The van der Waals surface area contributed by atoms with E-state index in [9.17, 15) is 30.4 Å². The molecule has 3 aliphatic heterocycles. The molecule has 0 bridgehead atoms. The van der Waals surface area contributed by atoms with Crippen LogP contribution in [0.3, 0.4) is 0 Å². The molecule has 2 atom stereocenters. The van der Waals surface area contributed by atoms with Gasteiger partial charge in [-0.3, -0.25) is 5.43 Å². The van der Waals surface area contributed by atoms with Gasteiger partial charge < -0.3 is 23.7 Å². The number of hydrogen-bond donors (Lipinski definition) is 4. The molecule has 2 amide bonds. The Kier molecular flexibility index (Phi) is 10.2. The number of rotatable bonds is 7. The molecule has 5 heterocycles. The zero-order chi connectivity index (χ0) is 32.3. The van der Waals surface area contributed by atoms with Crippen LogP contribution < -0.4 is 20.7 Å². The molecule has 0 aromatic carbocycles. The van der Waals surface area contributed by atoms with Gasteiger partial charge in [-0.1, -0.05) is 5.10 Å². The highest BCUT2D eigenvalue weighted by Crippen LogP contribution is 2.42. The van der Waals surface area contributed by atoms with Crippen LogP contribution in [0.5, 0.6) is 0 Å². The Bertz CT molecular complexity index is 1640. The number of allylic oxidation sites excluding steroid dienone is 1. The maximum atomic E-state index is 14.9. The molecule has 5 N–H and O–H groups in total. The number of hydrazine groups is 2. The SMILES string of the molecule is COC1=NN(NC(=O)NS(=O)(=O)c2ccsc2C2(F)OCC(C)O2)NC(C)=C1.NS(=O)(=O)c1ccsc1C1(CF)OCCO1. The Morgan fingerprint density at radius 1 is 1.18 bits per heavy atom. The second-order valence-electron chi connectivity index (χ2n) is 9.07. The van der Waals surface area contributed by atoms with Crippen molar-refractivity contribution in [1.82, 2.24) is 20.8 Å². The van der Waals surface area contributed by atoms with Crippen LogP contribution >= 0.6 is 22.7 Å². The molecular formula is C22H28F2N6O10S4. The van der Waals surface area contributed by atoms with Crippen LogP contribution in [-0.4, -0.2) is 73.7 Å². The lowest BCUT2D eigenvalue weighted by atomic mass is 10.2. The molecule has 0 aliphatic carbocycles. The van der Waals surface area contributed by atoms with E-state index in [1.54, 1.807) is 24.6 Å². The lowest BCUT2D eigenvalue weighted by Gasteiger charge is -2.25. The second kappa shape index (κ2) is 13.2. The molecule has 0 radical (unpaired) electrons. The smallest absolute Gasteiger partial charge is 0.359 e. The quantitative estimate of drug-likeness (QED) is 0.323. The zero-order valence-corrected chi connectivity index (χ0v) is 26.5. The molecule has 5 rings (SSSR count). The van der Waals surface area contributed by atoms with E-state index in [0.717, 1.165) is 34.0 Å². The largest absolute Gasteiger partial charge is 0.480 e. The third-order valence-electron chi connectivity index (χ3n) is 5.72. The van der Waals surface area contributed by atoms with Gasteiger partial charge in [-0.2, -0.15) is 4.39 Å². The van der Waals surface area contributed by atoms with Crippen LogP contribution in [-0.2, 0) is 55.6 Å². The zero-order valence-electron chi connectivity index (χ0n) is 23.2. The van der Waals surface area contributed by atoms with E-state index < -0.39 is 55.6 Å². The molecule has 0 saturated carbocycles. The molecule has 2 aromatic rings. The normalized spacial score (nSPS) is 23.1. The van der Waals surface area contributed by atoms with Crippen molar-refractivity contribution in [3.05, 3.63) is 44.4 Å². The molecule has 2 fully saturated rings. The van der Waals surface area contributed by atoms with Crippen molar-refractivity contribution in [1.29, 1.82) is 0 Å². The van der Waals surface area contributed by atoms with Gasteiger partial charge in [0, 0.05) is 11.8 Å². The number of ether oxygens (including phenoxy) is 5. The average molecular weight is 703 g/mol. The number of hydrazone groups is 1. The topological polar surface area (TPSA) is 209 Å². The summed E-state index contributed by atoms with van der Waals surface area (Å²) < 4.78 is 103. The Balaban J connectivity index is 0.000000233. The van der Waals surface area contributed by atoms with Gasteiger partial charge in [0.25, 0.3) is 10.0 Å². The Morgan fingerprint density at radius 3 is 2.39 bits per heavy atom. The molecule has 2 aromatic heterocycles. The number of hydrogen-bond acceptors (Lipinski definition) is 15. The van der Waals surface area contributed by atoms with E-state index in [0.29, 0.717) is 5.70 Å². The fourth-order valence-corrected chi connectivity index (χ4v) is 8.38. The van der Waals surface area contributed by atoms with Crippen LogP contribution in [0.2, 0.25) is 0 Å². The van der Waals surface area contributed by atoms with Crippen LogP contribution in [0.25, 0.3) is 0 Å². The van der Waals surface area contributed by atoms with E-state index in [-0.39, 0.29) is 40.4 Å². The van der Waals surface area contributed by atoms with Gasteiger partial charge in [-0.05, 0) is 36.7 Å². The van der Waals surface area contributed by atoms with Gasteiger partial charge in [0.2, 0.25) is 21.7 Å². The summed E-state index contributed by atoms with van der Waals surface area (Å²) in [6.45, 7) is 2.74. The average Bonchev–Trinajstić information content (AvgIpc) is 3.75. The van der Waals surface area contributed by atoms with E-state index in [4.69, 9.17) is 28.8 Å². The fourth-order valence-electron chi connectivity index (χ4n) is 3.91. The number of nitrogens with one attached hydrogen (secondary N) is 3. The first kappa shape index (κ1) is 33.9.